The fourth-order valence-corrected chi connectivity index (χ4v) is 3.38. The fraction of sp³-hybridized carbons (Fsp3) is 0.192. The van der Waals surface area contributed by atoms with Crippen LogP contribution in [-0.4, -0.2) is 30.5 Å². The van der Waals surface area contributed by atoms with Crippen LogP contribution in [0, 0.1) is 13.8 Å². The Bertz CT molecular complexity index is 1340. The molecule has 0 aliphatic heterocycles. The number of methoxy groups -OCH3 is 1. The molecule has 2 amide bonds. The first kappa shape index (κ1) is 23.6. The van der Waals surface area contributed by atoms with Gasteiger partial charge in [0.25, 0.3) is 11.8 Å². The predicted molar refractivity (Wildman–Crippen MR) is 128 cm³/mol. The molecule has 2 aromatic heterocycles. The molecule has 2 N–H and O–H groups in total. The van der Waals surface area contributed by atoms with Gasteiger partial charge in [-0.2, -0.15) is 0 Å². The standard InChI is InChI=1S/C26H25N3O6/c1-16-20(11-12-33-16)25(31)28-19-8-6-7-18(13-19)26-29-21(17(2)35-26)14-27-24(30)15-34-23-10-5-4-9-22(23)32-3/h4-13H,14-15H2,1-3H3,(H,27,30)(H,28,31). The van der Waals surface area contributed by atoms with Crippen LogP contribution in [-0.2, 0) is 11.3 Å². The van der Waals surface area contributed by atoms with E-state index in [1.165, 1.54) is 13.4 Å². The van der Waals surface area contributed by atoms with Gasteiger partial charge in [0.05, 0.1) is 25.5 Å². The topological polar surface area (TPSA) is 116 Å². The van der Waals surface area contributed by atoms with Gasteiger partial charge in [0.15, 0.2) is 18.1 Å². The second kappa shape index (κ2) is 10.6. The van der Waals surface area contributed by atoms with Gasteiger partial charge in [0.2, 0.25) is 5.89 Å². The SMILES string of the molecule is COc1ccccc1OCC(=O)NCc1nc(-c2cccc(NC(=O)c3ccoc3C)c2)oc1C. The Balaban J connectivity index is 1.37. The van der Waals surface area contributed by atoms with E-state index in [9.17, 15) is 9.59 Å². The van der Waals surface area contributed by atoms with Crippen molar-refractivity contribution >= 4 is 17.5 Å². The molecule has 2 aromatic carbocycles. The molecule has 2 heterocycles. The number of carbonyl (C=O) groups excluding carboxylic acids is 2. The lowest BCUT2D eigenvalue weighted by atomic mass is 10.2. The summed E-state index contributed by atoms with van der Waals surface area (Å²) in [5, 5.41) is 5.62. The van der Waals surface area contributed by atoms with Crippen LogP contribution < -0.4 is 20.1 Å². The average molecular weight is 476 g/mol. The second-order valence-corrected chi connectivity index (χ2v) is 7.66. The van der Waals surface area contributed by atoms with Crippen molar-refractivity contribution in [1.29, 1.82) is 0 Å². The Kier molecular flexibility index (Phi) is 7.15. The van der Waals surface area contributed by atoms with Gasteiger partial charge >= 0.3 is 0 Å². The molecule has 9 nitrogen and oxygen atoms in total. The minimum absolute atomic E-state index is 0.165. The van der Waals surface area contributed by atoms with Crippen LogP contribution in [0.1, 0.15) is 27.6 Å². The van der Waals surface area contributed by atoms with Crippen molar-refractivity contribution in [3.05, 3.63) is 83.6 Å². The Morgan fingerprint density at radius 2 is 1.80 bits per heavy atom. The molecular formula is C26H25N3O6. The Labute approximate surface area is 202 Å². The van der Waals surface area contributed by atoms with Crippen molar-refractivity contribution in [3.63, 3.8) is 0 Å². The number of oxazole rings is 1. The van der Waals surface area contributed by atoms with Gasteiger partial charge in [0, 0.05) is 11.3 Å². The third kappa shape index (κ3) is 5.70. The summed E-state index contributed by atoms with van der Waals surface area (Å²) in [6.07, 6.45) is 1.47. The number of nitrogens with zero attached hydrogens (tertiary/aromatic N) is 1. The summed E-state index contributed by atoms with van der Waals surface area (Å²) in [4.78, 5) is 29.2. The first-order chi connectivity index (χ1) is 16.9. The number of hydrogen-bond acceptors (Lipinski definition) is 7. The summed E-state index contributed by atoms with van der Waals surface area (Å²) >= 11 is 0. The van der Waals surface area contributed by atoms with E-state index >= 15 is 0 Å². The molecule has 0 saturated heterocycles. The monoisotopic (exact) mass is 475 g/mol. The Hall–Kier alpha value is -4.53. The highest BCUT2D eigenvalue weighted by Crippen LogP contribution is 2.26. The molecular weight excluding hydrogens is 450 g/mol. The molecule has 35 heavy (non-hydrogen) atoms. The van der Waals surface area contributed by atoms with Crippen molar-refractivity contribution in [3.8, 4) is 23.0 Å². The minimum atomic E-state index is -0.306. The van der Waals surface area contributed by atoms with Crippen LogP contribution in [0.4, 0.5) is 5.69 Å². The molecule has 0 aliphatic rings. The molecule has 0 fully saturated rings. The predicted octanol–water partition coefficient (Wildman–Crippen LogP) is 4.51. The fourth-order valence-electron chi connectivity index (χ4n) is 3.38. The van der Waals surface area contributed by atoms with E-state index in [0.717, 1.165) is 0 Å². The van der Waals surface area contributed by atoms with E-state index in [0.29, 0.717) is 51.4 Å². The first-order valence-electron chi connectivity index (χ1n) is 10.9. The quantitative estimate of drug-likeness (QED) is 0.366. The molecule has 0 saturated carbocycles. The summed E-state index contributed by atoms with van der Waals surface area (Å²) in [6.45, 7) is 3.52. The average Bonchev–Trinajstić information content (AvgIpc) is 3.46. The van der Waals surface area contributed by atoms with Gasteiger partial charge in [0.1, 0.15) is 17.2 Å². The zero-order chi connectivity index (χ0) is 24.8. The second-order valence-electron chi connectivity index (χ2n) is 7.66. The van der Waals surface area contributed by atoms with Crippen LogP contribution in [0.15, 0.2) is 69.7 Å². The molecule has 180 valence electrons. The van der Waals surface area contributed by atoms with E-state index in [-0.39, 0.29) is 25.0 Å². The van der Waals surface area contributed by atoms with Crippen molar-refractivity contribution < 1.29 is 27.9 Å². The third-order valence-electron chi connectivity index (χ3n) is 5.24. The number of anilines is 1. The van der Waals surface area contributed by atoms with E-state index in [4.69, 9.17) is 18.3 Å². The van der Waals surface area contributed by atoms with Crippen molar-refractivity contribution in [1.82, 2.24) is 10.3 Å². The third-order valence-corrected chi connectivity index (χ3v) is 5.24. The molecule has 0 aliphatic carbocycles. The number of ether oxygens (including phenoxy) is 2. The number of rotatable bonds is 9. The summed E-state index contributed by atoms with van der Waals surface area (Å²) in [5.41, 5.74) is 2.34. The van der Waals surface area contributed by atoms with E-state index in [2.05, 4.69) is 15.6 Å². The highest BCUT2D eigenvalue weighted by molar-refractivity contribution is 6.05. The summed E-state index contributed by atoms with van der Waals surface area (Å²) < 4.78 is 21.8. The molecule has 4 rings (SSSR count). The van der Waals surface area contributed by atoms with Crippen LogP contribution in [0.25, 0.3) is 11.5 Å². The van der Waals surface area contributed by atoms with Crippen molar-refractivity contribution in [2.75, 3.05) is 19.0 Å². The van der Waals surface area contributed by atoms with Gasteiger partial charge in [-0.05, 0) is 50.2 Å². The van der Waals surface area contributed by atoms with Gasteiger partial charge in [-0.25, -0.2) is 4.98 Å². The van der Waals surface area contributed by atoms with E-state index in [1.54, 1.807) is 56.3 Å². The molecule has 0 radical (unpaired) electrons. The van der Waals surface area contributed by atoms with Gasteiger partial charge in [-0.3, -0.25) is 9.59 Å². The van der Waals surface area contributed by atoms with Crippen LogP contribution in [0.2, 0.25) is 0 Å². The normalized spacial score (nSPS) is 10.6. The summed E-state index contributed by atoms with van der Waals surface area (Å²) in [6, 6.07) is 15.9. The zero-order valence-corrected chi connectivity index (χ0v) is 19.6. The summed E-state index contributed by atoms with van der Waals surface area (Å²) in [5.74, 6) is 1.97. The first-order valence-corrected chi connectivity index (χ1v) is 10.9. The maximum Gasteiger partial charge on any atom is 0.259 e. The van der Waals surface area contributed by atoms with E-state index < -0.39 is 0 Å². The number of hydrogen-bond donors (Lipinski definition) is 2. The van der Waals surface area contributed by atoms with Gasteiger partial charge in [-0.1, -0.05) is 18.2 Å². The maximum atomic E-state index is 12.5. The number of nitrogens with one attached hydrogen (secondary N) is 2. The lowest BCUT2D eigenvalue weighted by Gasteiger charge is -2.10. The number of furan rings is 1. The highest BCUT2D eigenvalue weighted by Gasteiger charge is 2.15. The van der Waals surface area contributed by atoms with Gasteiger partial charge in [-0.15, -0.1) is 0 Å². The number of para-hydroxylation sites is 2. The number of aryl methyl sites for hydroxylation is 2. The molecule has 0 atom stereocenters. The largest absolute Gasteiger partial charge is 0.493 e. The van der Waals surface area contributed by atoms with Crippen LogP contribution in [0.3, 0.4) is 0 Å². The number of amides is 2. The van der Waals surface area contributed by atoms with Crippen LogP contribution in [0.5, 0.6) is 11.5 Å². The van der Waals surface area contributed by atoms with E-state index in [1.807, 2.05) is 12.1 Å². The zero-order valence-electron chi connectivity index (χ0n) is 19.6. The molecule has 0 unspecified atom stereocenters. The molecule has 0 spiro atoms. The highest BCUT2D eigenvalue weighted by atomic mass is 16.5. The molecule has 0 bridgehead atoms. The van der Waals surface area contributed by atoms with Crippen molar-refractivity contribution in [2.45, 2.75) is 20.4 Å². The summed E-state index contributed by atoms with van der Waals surface area (Å²) in [7, 11) is 1.54. The molecule has 4 aromatic rings. The van der Waals surface area contributed by atoms with Gasteiger partial charge < -0.3 is 28.9 Å². The van der Waals surface area contributed by atoms with Crippen molar-refractivity contribution in [2.24, 2.45) is 0 Å². The Morgan fingerprint density at radius 3 is 2.54 bits per heavy atom. The lowest BCUT2D eigenvalue weighted by molar-refractivity contribution is -0.123. The molecule has 9 heteroatoms. The number of benzene rings is 2. The number of aromatic nitrogens is 1. The number of carbonyl (C=O) groups is 2. The Morgan fingerprint density at radius 1 is 1.00 bits per heavy atom. The minimum Gasteiger partial charge on any atom is -0.493 e. The maximum absolute atomic E-state index is 12.5. The smallest absolute Gasteiger partial charge is 0.259 e. The van der Waals surface area contributed by atoms with Crippen LogP contribution >= 0.6 is 0 Å². The lowest BCUT2D eigenvalue weighted by Crippen LogP contribution is -2.28.